The van der Waals surface area contributed by atoms with Crippen LogP contribution in [0.4, 0.5) is 5.69 Å². The lowest BCUT2D eigenvalue weighted by Gasteiger charge is -2.12. The molecule has 1 aromatic heterocycles. The monoisotopic (exact) mass is 414 g/mol. The predicted octanol–water partition coefficient (Wildman–Crippen LogP) is 4.87. The highest BCUT2D eigenvalue weighted by Gasteiger charge is 2.20. The van der Waals surface area contributed by atoms with E-state index in [4.69, 9.17) is 16.3 Å². The fourth-order valence-electron chi connectivity index (χ4n) is 2.22. The Hall–Kier alpha value is -1.48. The van der Waals surface area contributed by atoms with E-state index in [1.165, 1.54) is 30.6 Å². The Bertz CT molecular complexity index is 1020. The SMILES string of the molecule is CCSc1nc2ccc(NS(=O)(=O)c3cc(Cl)ccc3OC)cc2s1. The van der Waals surface area contributed by atoms with Gasteiger partial charge >= 0.3 is 0 Å². The van der Waals surface area contributed by atoms with Gasteiger partial charge in [-0.3, -0.25) is 4.72 Å². The van der Waals surface area contributed by atoms with E-state index in [1.807, 2.05) is 0 Å². The Morgan fingerprint density at radius 1 is 1.28 bits per heavy atom. The van der Waals surface area contributed by atoms with E-state index in [0.29, 0.717) is 10.7 Å². The van der Waals surface area contributed by atoms with Gasteiger partial charge in [0.25, 0.3) is 10.0 Å². The number of sulfonamides is 1. The van der Waals surface area contributed by atoms with Gasteiger partial charge in [-0.25, -0.2) is 13.4 Å². The van der Waals surface area contributed by atoms with Crippen LogP contribution in [0.3, 0.4) is 0 Å². The summed E-state index contributed by atoms with van der Waals surface area (Å²) < 4.78 is 35.0. The molecule has 25 heavy (non-hydrogen) atoms. The molecule has 2 aromatic carbocycles. The number of methoxy groups -OCH3 is 1. The van der Waals surface area contributed by atoms with Gasteiger partial charge in [0.15, 0.2) is 4.34 Å². The predicted molar refractivity (Wildman–Crippen MR) is 105 cm³/mol. The van der Waals surface area contributed by atoms with Crippen molar-refractivity contribution in [2.75, 3.05) is 17.6 Å². The summed E-state index contributed by atoms with van der Waals surface area (Å²) in [5.74, 6) is 1.17. The zero-order chi connectivity index (χ0) is 18.0. The van der Waals surface area contributed by atoms with Crippen LogP contribution in [0.15, 0.2) is 45.6 Å². The molecule has 0 fully saturated rings. The second kappa shape index (κ2) is 7.41. The van der Waals surface area contributed by atoms with E-state index in [9.17, 15) is 8.42 Å². The summed E-state index contributed by atoms with van der Waals surface area (Å²) >= 11 is 9.14. The average molecular weight is 415 g/mol. The van der Waals surface area contributed by atoms with Crippen molar-refractivity contribution >= 4 is 60.6 Å². The standard InChI is InChI=1S/C16H15ClN2O3S3/c1-3-23-16-18-12-6-5-11(9-14(12)24-16)19-25(20,21)15-8-10(17)4-7-13(15)22-2/h4-9,19H,3H2,1-2H3. The number of hydrogen-bond acceptors (Lipinski definition) is 6. The lowest BCUT2D eigenvalue weighted by Crippen LogP contribution is -2.14. The van der Waals surface area contributed by atoms with Crippen molar-refractivity contribution in [3.8, 4) is 5.75 Å². The molecular formula is C16H15ClN2O3S3. The molecule has 0 amide bonds. The average Bonchev–Trinajstić information content (AvgIpc) is 2.96. The van der Waals surface area contributed by atoms with E-state index in [0.717, 1.165) is 20.3 Å². The van der Waals surface area contributed by atoms with E-state index < -0.39 is 10.0 Å². The smallest absolute Gasteiger partial charge is 0.265 e. The minimum absolute atomic E-state index is 0.00544. The first-order valence-corrected chi connectivity index (χ1v) is 11.0. The molecule has 0 saturated carbocycles. The Labute approximate surface area is 159 Å². The number of ether oxygens (including phenoxy) is 1. The summed E-state index contributed by atoms with van der Waals surface area (Å²) in [6, 6.07) is 9.74. The number of halogens is 1. The van der Waals surface area contributed by atoms with Gasteiger partial charge in [-0.15, -0.1) is 11.3 Å². The van der Waals surface area contributed by atoms with Crippen LogP contribution >= 0.6 is 34.7 Å². The molecule has 1 heterocycles. The lowest BCUT2D eigenvalue weighted by atomic mass is 10.3. The molecule has 9 heteroatoms. The molecule has 0 aliphatic rings. The summed E-state index contributed by atoms with van der Waals surface area (Å²) in [5, 5.41) is 0.320. The maximum atomic E-state index is 12.7. The number of rotatable bonds is 6. The van der Waals surface area contributed by atoms with Crippen molar-refractivity contribution in [2.45, 2.75) is 16.2 Å². The maximum Gasteiger partial charge on any atom is 0.265 e. The Kier molecular flexibility index (Phi) is 5.43. The third-order valence-electron chi connectivity index (χ3n) is 3.30. The van der Waals surface area contributed by atoms with Gasteiger partial charge in [0.05, 0.1) is 23.0 Å². The number of nitrogens with one attached hydrogen (secondary N) is 1. The van der Waals surface area contributed by atoms with Crippen LogP contribution in [0, 0.1) is 0 Å². The quantitative estimate of drug-likeness (QED) is 0.582. The highest BCUT2D eigenvalue weighted by Crippen LogP contribution is 2.33. The second-order valence-electron chi connectivity index (χ2n) is 5.00. The fraction of sp³-hybridized carbons (Fsp3) is 0.188. The number of thioether (sulfide) groups is 1. The second-order valence-corrected chi connectivity index (χ2v) is 9.63. The minimum Gasteiger partial charge on any atom is -0.495 e. The molecule has 3 rings (SSSR count). The van der Waals surface area contributed by atoms with Gasteiger partial charge in [0, 0.05) is 5.02 Å². The van der Waals surface area contributed by atoms with Crippen LogP contribution in [0.25, 0.3) is 10.2 Å². The summed E-state index contributed by atoms with van der Waals surface area (Å²) in [4.78, 5) is 4.50. The van der Waals surface area contributed by atoms with E-state index in [-0.39, 0.29) is 10.6 Å². The van der Waals surface area contributed by atoms with Crippen LogP contribution in [-0.2, 0) is 10.0 Å². The molecular weight excluding hydrogens is 400 g/mol. The Morgan fingerprint density at radius 3 is 2.80 bits per heavy atom. The Morgan fingerprint density at radius 2 is 2.08 bits per heavy atom. The van der Waals surface area contributed by atoms with Gasteiger partial charge in [-0.05, 0) is 42.2 Å². The maximum absolute atomic E-state index is 12.7. The Balaban J connectivity index is 1.95. The summed E-state index contributed by atoms with van der Waals surface area (Å²) in [7, 11) is -2.42. The zero-order valence-electron chi connectivity index (χ0n) is 13.4. The van der Waals surface area contributed by atoms with Crippen LogP contribution < -0.4 is 9.46 Å². The highest BCUT2D eigenvalue weighted by atomic mass is 35.5. The summed E-state index contributed by atoms with van der Waals surface area (Å²) in [6.07, 6.45) is 0. The van der Waals surface area contributed by atoms with E-state index in [1.54, 1.807) is 36.0 Å². The minimum atomic E-state index is -3.83. The molecule has 0 saturated heterocycles. The number of nitrogens with zero attached hydrogens (tertiary/aromatic N) is 1. The molecule has 5 nitrogen and oxygen atoms in total. The van der Waals surface area contributed by atoms with Gasteiger partial charge in [-0.2, -0.15) is 0 Å². The zero-order valence-corrected chi connectivity index (χ0v) is 16.7. The molecule has 0 spiro atoms. The number of anilines is 1. The van der Waals surface area contributed by atoms with Gasteiger partial charge < -0.3 is 4.74 Å². The van der Waals surface area contributed by atoms with Crippen molar-refractivity contribution in [3.63, 3.8) is 0 Å². The topological polar surface area (TPSA) is 68.3 Å². The molecule has 0 aliphatic carbocycles. The first-order chi connectivity index (χ1) is 11.9. The van der Waals surface area contributed by atoms with Crippen molar-refractivity contribution in [2.24, 2.45) is 0 Å². The molecule has 0 unspecified atom stereocenters. The number of benzene rings is 2. The molecule has 1 N–H and O–H groups in total. The molecule has 0 bridgehead atoms. The first kappa shape index (κ1) is 18.3. The number of aromatic nitrogens is 1. The van der Waals surface area contributed by atoms with Crippen LogP contribution in [0.2, 0.25) is 5.02 Å². The number of thiazole rings is 1. The summed E-state index contributed by atoms with van der Waals surface area (Å²) in [6.45, 7) is 2.06. The molecule has 3 aromatic rings. The molecule has 132 valence electrons. The highest BCUT2D eigenvalue weighted by molar-refractivity contribution is 8.01. The third kappa shape index (κ3) is 4.03. The largest absolute Gasteiger partial charge is 0.495 e. The molecule has 0 radical (unpaired) electrons. The summed E-state index contributed by atoms with van der Waals surface area (Å²) in [5.41, 5.74) is 1.32. The van der Waals surface area contributed by atoms with Crippen molar-refractivity contribution < 1.29 is 13.2 Å². The third-order valence-corrected chi connectivity index (χ3v) is 6.98. The first-order valence-electron chi connectivity index (χ1n) is 7.32. The lowest BCUT2D eigenvalue weighted by molar-refractivity contribution is 0.403. The fourth-order valence-corrected chi connectivity index (χ4v) is 5.71. The van der Waals surface area contributed by atoms with Gasteiger partial charge in [0.1, 0.15) is 10.6 Å². The molecule has 0 aliphatic heterocycles. The molecule has 0 atom stereocenters. The van der Waals surface area contributed by atoms with Gasteiger partial charge in [-0.1, -0.05) is 30.3 Å². The van der Waals surface area contributed by atoms with E-state index >= 15 is 0 Å². The van der Waals surface area contributed by atoms with Gasteiger partial charge in [0.2, 0.25) is 0 Å². The van der Waals surface area contributed by atoms with Crippen molar-refractivity contribution in [3.05, 3.63) is 41.4 Å². The van der Waals surface area contributed by atoms with Crippen LogP contribution in [0.5, 0.6) is 5.75 Å². The normalized spacial score (nSPS) is 11.6. The van der Waals surface area contributed by atoms with Crippen molar-refractivity contribution in [1.82, 2.24) is 4.98 Å². The van der Waals surface area contributed by atoms with Crippen molar-refractivity contribution in [1.29, 1.82) is 0 Å². The van der Waals surface area contributed by atoms with Crippen LogP contribution in [0.1, 0.15) is 6.92 Å². The van der Waals surface area contributed by atoms with Crippen LogP contribution in [-0.4, -0.2) is 26.3 Å². The number of hydrogen-bond donors (Lipinski definition) is 1. The number of fused-ring (bicyclic) bond motifs is 1. The van der Waals surface area contributed by atoms with E-state index in [2.05, 4.69) is 16.6 Å².